The molecule has 0 aliphatic heterocycles. The molecule has 0 saturated carbocycles. The first-order valence-corrected chi connectivity index (χ1v) is 5.82. The Kier molecular flexibility index (Phi) is 3.63. The summed E-state index contributed by atoms with van der Waals surface area (Å²) < 4.78 is 0. The fourth-order valence-electron chi connectivity index (χ4n) is 1.79. The molecule has 0 saturated heterocycles. The number of para-hydroxylation sites is 1. The van der Waals surface area contributed by atoms with E-state index in [1.165, 1.54) is 0 Å². The van der Waals surface area contributed by atoms with E-state index in [0.717, 1.165) is 5.69 Å². The third kappa shape index (κ3) is 2.88. The van der Waals surface area contributed by atoms with Gasteiger partial charge in [-0.2, -0.15) is 0 Å². The summed E-state index contributed by atoms with van der Waals surface area (Å²) in [4.78, 5) is 14.0. The zero-order valence-electron chi connectivity index (χ0n) is 10.3. The van der Waals surface area contributed by atoms with Crippen LogP contribution in [0.15, 0.2) is 54.6 Å². The first-order valence-electron chi connectivity index (χ1n) is 5.82. The summed E-state index contributed by atoms with van der Waals surface area (Å²) in [6.45, 7) is 0.341. The van der Waals surface area contributed by atoms with E-state index >= 15 is 0 Å². The van der Waals surface area contributed by atoms with E-state index < -0.39 is 0 Å². The minimum atomic E-state index is 0.0636. The number of nitrogens with two attached hydrogens (primary N) is 1. The third-order valence-electron chi connectivity index (χ3n) is 2.79. The van der Waals surface area contributed by atoms with Gasteiger partial charge in [0.15, 0.2) is 5.78 Å². The van der Waals surface area contributed by atoms with Crippen LogP contribution in [0.4, 0.5) is 11.4 Å². The van der Waals surface area contributed by atoms with Crippen LogP contribution in [0, 0.1) is 0 Å². The summed E-state index contributed by atoms with van der Waals surface area (Å²) >= 11 is 0. The van der Waals surface area contributed by atoms with Gasteiger partial charge in [-0.05, 0) is 24.3 Å². The lowest BCUT2D eigenvalue weighted by Gasteiger charge is -2.18. The number of nitrogen functional groups attached to an aromatic ring is 1. The van der Waals surface area contributed by atoms with E-state index in [9.17, 15) is 4.79 Å². The molecule has 0 radical (unpaired) electrons. The molecular formula is C15H16N2O. The Morgan fingerprint density at radius 2 is 1.83 bits per heavy atom. The Hall–Kier alpha value is -2.29. The van der Waals surface area contributed by atoms with Crippen molar-refractivity contribution in [2.75, 3.05) is 24.2 Å². The molecule has 0 fully saturated rings. The molecule has 0 aromatic heterocycles. The number of benzene rings is 2. The van der Waals surface area contributed by atoms with Crippen LogP contribution < -0.4 is 10.6 Å². The average molecular weight is 240 g/mol. The molecule has 0 bridgehead atoms. The second-order valence-corrected chi connectivity index (χ2v) is 4.24. The molecule has 0 unspecified atom stereocenters. The van der Waals surface area contributed by atoms with Gasteiger partial charge in [0.2, 0.25) is 0 Å². The van der Waals surface area contributed by atoms with Crippen molar-refractivity contribution in [1.82, 2.24) is 0 Å². The molecule has 18 heavy (non-hydrogen) atoms. The van der Waals surface area contributed by atoms with Crippen LogP contribution in [-0.4, -0.2) is 19.4 Å². The topological polar surface area (TPSA) is 46.3 Å². The first kappa shape index (κ1) is 12.2. The van der Waals surface area contributed by atoms with E-state index in [1.807, 2.05) is 42.3 Å². The zero-order chi connectivity index (χ0) is 13.0. The Labute approximate surface area is 107 Å². The summed E-state index contributed by atoms with van der Waals surface area (Å²) in [5, 5.41) is 0. The molecule has 2 aromatic rings. The van der Waals surface area contributed by atoms with Crippen LogP contribution in [0.2, 0.25) is 0 Å². The van der Waals surface area contributed by atoms with Gasteiger partial charge in [-0.1, -0.05) is 30.3 Å². The standard InChI is InChI=1S/C15H16N2O/c1-17(14-8-3-2-4-9-14)11-15(18)12-6-5-7-13(16)10-12/h2-10H,11,16H2,1H3. The number of nitrogens with zero attached hydrogens (tertiary/aromatic N) is 1. The van der Waals surface area contributed by atoms with Gasteiger partial charge in [0.25, 0.3) is 0 Å². The Morgan fingerprint density at radius 3 is 2.50 bits per heavy atom. The Morgan fingerprint density at radius 1 is 1.11 bits per heavy atom. The molecule has 2 rings (SSSR count). The van der Waals surface area contributed by atoms with Crippen LogP contribution in [0.1, 0.15) is 10.4 Å². The van der Waals surface area contributed by atoms with Gasteiger partial charge in [-0.25, -0.2) is 0 Å². The lowest BCUT2D eigenvalue weighted by molar-refractivity contribution is 0.100. The fourth-order valence-corrected chi connectivity index (χ4v) is 1.79. The lowest BCUT2D eigenvalue weighted by Crippen LogP contribution is -2.25. The maximum atomic E-state index is 12.1. The maximum Gasteiger partial charge on any atom is 0.182 e. The van der Waals surface area contributed by atoms with Crippen molar-refractivity contribution < 1.29 is 4.79 Å². The molecule has 0 aliphatic carbocycles. The minimum absolute atomic E-state index is 0.0636. The van der Waals surface area contributed by atoms with E-state index in [0.29, 0.717) is 17.8 Å². The van der Waals surface area contributed by atoms with Gasteiger partial charge >= 0.3 is 0 Å². The number of hydrogen-bond acceptors (Lipinski definition) is 3. The lowest BCUT2D eigenvalue weighted by atomic mass is 10.1. The number of Topliss-reactive ketones (excluding diaryl/α,β-unsaturated/α-hetero) is 1. The molecule has 0 heterocycles. The summed E-state index contributed by atoms with van der Waals surface area (Å²) in [6.07, 6.45) is 0. The minimum Gasteiger partial charge on any atom is -0.399 e. The highest BCUT2D eigenvalue weighted by Crippen LogP contribution is 2.13. The molecule has 92 valence electrons. The van der Waals surface area contributed by atoms with Crippen LogP contribution in [0.3, 0.4) is 0 Å². The van der Waals surface area contributed by atoms with Crippen LogP contribution in [0.5, 0.6) is 0 Å². The van der Waals surface area contributed by atoms with Gasteiger partial charge < -0.3 is 10.6 Å². The molecule has 0 atom stereocenters. The van der Waals surface area contributed by atoms with Gasteiger partial charge in [0, 0.05) is 24.0 Å². The number of carbonyl (C=O) groups excluding carboxylic acids is 1. The highest BCUT2D eigenvalue weighted by molar-refractivity contribution is 5.99. The smallest absolute Gasteiger partial charge is 0.182 e. The van der Waals surface area contributed by atoms with E-state index in [4.69, 9.17) is 5.73 Å². The molecule has 0 spiro atoms. The zero-order valence-corrected chi connectivity index (χ0v) is 10.3. The highest BCUT2D eigenvalue weighted by Gasteiger charge is 2.09. The van der Waals surface area contributed by atoms with Crippen molar-refractivity contribution >= 4 is 17.2 Å². The molecule has 2 N–H and O–H groups in total. The van der Waals surface area contributed by atoms with Crippen molar-refractivity contribution in [2.24, 2.45) is 0 Å². The average Bonchev–Trinajstić information content (AvgIpc) is 2.39. The molecule has 2 aromatic carbocycles. The number of ketones is 1. The first-order chi connectivity index (χ1) is 8.66. The summed E-state index contributed by atoms with van der Waals surface area (Å²) in [5.41, 5.74) is 7.96. The Balaban J connectivity index is 2.08. The normalized spacial score (nSPS) is 10.1. The molecule has 0 aliphatic rings. The van der Waals surface area contributed by atoms with Crippen LogP contribution in [0.25, 0.3) is 0 Å². The maximum absolute atomic E-state index is 12.1. The quantitative estimate of drug-likeness (QED) is 0.660. The predicted molar refractivity (Wildman–Crippen MR) is 74.9 cm³/mol. The molecule has 3 heteroatoms. The number of likely N-dealkylation sites (N-methyl/N-ethyl adjacent to an activating group) is 1. The highest BCUT2D eigenvalue weighted by atomic mass is 16.1. The second-order valence-electron chi connectivity index (χ2n) is 4.24. The number of anilines is 2. The SMILES string of the molecule is CN(CC(=O)c1cccc(N)c1)c1ccccc1. The fraction of sp³-hybridized carbons (Fsp3) is 0.133. The predicted octanol–water partition coefficient (Wildman–Crippen LogP) is 2.59. The number of hydrogen-bond donors (Lipinski definition) is 1. The van der Waals surface area contributed by atoms with Crippen LogP contribution >= 0.6 is 0 Å². The molecule has 0 amide bonds. The third-order valence-corrected chi connectivity index (χ3v) is 2.79. The van der Waals surface area contributed by atoms with E-state index in [2.05, 4.69) is 0 Å². The van der Waals surface area contributed by atoms with Gasteiger partial charge in [-0.15, -0.1) is 0 Å². The summed E-state index contributed by atoms with van der Waals surface area (Å²) in [6, 6.07) is 16.9. The number of rotatable bonds is 4. The molecular weight excluding hydrogens is 224 g/mol. The van der Waals surface area contributed by atoms with Gasteiger partial charge in [0.1, 0.15) is 0 Å². The van der Waals surface area contributed by atoms with Crippen molar-refractivity contribution in [2.45, 2.75) is 0 Å². The monoisotopic (exact) mass is 240 g/mol. The summed E-state index contributed by atoms with van der Waals surface area (Å²) in [5.74, 6) is 0.0636. The van der Waals surface area contributed by atoms with Gasteiger partial charge in [-0.3, -0.25) is 4.79 Å². The van der Waals surface area contributed by atoms with Crippen molar-refractivity contribution in [1.29, 1.82) is 0 Å². The van der Waals surface area contributed by atoms with Crippen molar-refractivity contribution in [3.05, 3.63) is 60.2 Å². The van der Waals surface area contributed by atoms with E-state index in [1.54, 1.807) is 24.3 Å². The second kappa shape index (κ2) is 5.36. The van der Waals surface area contributed by atoms with E-state index in [-0.39, 0.29) is 5.78 Å². The number of carbonyl (C=O) groups is 1. The summed E-state index contributed by atoms with van der Waals surface area (Å²) in [7, 11) is 1.90. The van der Waals surface area contributed by atoms with Crippen LogP contribution in [-0.2, 0) is 0 Å². The van der Waals surface area contributed by atoms with Crippen molar-refractivity contribution in [3.63, 3.8) is 0 Å². The van der Waals surface area contributed by atoms with Crippen molar-refractivity contribution in [3.8, 4) is 0 Å². The van der Waals surface area contributed by atoms with Gasteiger partial charge in [0.05, 0.1) is 6.54 Å². The molecule has 3 nitrogen and oxygen atoms in total. The Bertz CT molecular complexity index is 537. The largest absolute Gasteiger partial charge is 0.399 e.